The molecule has 4 N–H and O–H groups in total. The topological polar surface area (TPSA) is 142 Å². The number of H-pyrrole nitrogens is 1. The number of ether oxygens (including phenoxy) is 1. The number of nitrogens with zero attached hydrogens (tertiary/aromatic N) is 1. The molecule has 2 rings (SSSR count). The molecule has 0 unspecified atom stereocenters. The summed E-state index contributed by atoms with van der Waals surface area (Å²) in [5.74, 6) is 0. The number of aliphatic hydroxyl groups excluding tert-OH is 3. The molecule has 2 heterocycles. The van der Waals surface area contributed by atoms with Gasteiger partial charge in [-0.25, -0.2) is 4.79 Å². The van der Waals surface area contributed by atoms with Gasteiger partial charge in [0.1, 0.15) is 27.4 Å². The van der Waals surface area contributed by atoms with Gasteiger partial charge in [-0.2, -0.15) is 0 Å². The molecule has 9 nitrogen and oxygen atoms in total. The summed E-state index contributed by atoms with van der Waals surface area (Å²) < 4.78 is 14.1. The molecule has 0 bridgehead atoms. The molecule has 0 saturated carbocycles. The van der Waals surface area contributed by atoms with E-state index in [4.69, 9.17) is 14.4 Å². The molecule has 0 aromatic carbocycles. The van der Waals surface area contributed by atoms with Gasteiger partial charge >= 0.3 is 5.69 Å². The van der Waals surface area contributed by atoms with Crippen LogP contribution in [-0.4, -0.2) is 49.8 Å². The lowest BCUT2D eigenvalue weighted by Crippen LogP contribution is -2.37. The molecule has 0 radical (unpaired) electrons. The molecule has 1 fully saturated rings. The van der Waals surface area contributed by atoms with Gasteiger partial charge in [-0.05, 0) is 0 Å². The molecule has 19 heavy (non-hydrogen) atoms. The largest absolute Gasteiger partial charge is 0.394 e. The number of hydrogen-bond donors (Lipinski definition) is 4. The van der Waals surface area contributed by atoms with E-state index >= 15 is 0 Å². The van der Waals surface area contributed by atoms with Crippen molar-refractivity contribution in [1.29, 1.82) is 0 Å². The van der Waals surface area contributed by atoms with E-state index in [-0.39, 0.29) is 0 Å². The summed E-state index contributed by atoms with van der Waals surface area (Å²) >= 11 is 0. The van der Waals surface area contributed by atoms with Gasteiger partial charge in [0.15, 0.2) is 6.23 Å². The summed E-state index contributed by atoms with van der Waals surface area (Å²) in [6, 6.07) is 1.09. The van der Waals surface area contributed by atoms with Gasteiger partial charge in [-0.3, -0.25) is 18.9 Å². The van der Waals surface area contributed by atoms with Crippen molar-refractivity contribution in [2.45, 2.75) is 24.5 Å². The van der Waals surface area contributed by atoms with E-state index in [0.29, 0.717) is 0 Å². The minimum absolute atomic E-state index is 0.479. The Hall–Kier alpha value is -1.38. The highest BCUT2D eigenvalue weighted by Gasteiger charge is 2.43. The molecule has 4 atom stereocenters. The first-order chi connectivity index (χ1) is 9.04. The number of aromatic amines is 1. The van der Waals surface area contributed by atoms with Crippen LogP contribution in [0.1, 0.15) is 6.23 Å². The third-order valence-electron chi connectivity index (χ3n) is 2.64. The second-order valence-electron chi connectivity index (χ2n) is 3.75. The Morgan fingerprint density at radius 1 is 1.32 bits per heavy atom. The zero-order valence-electron chi connectivity index (χ0n) is 9.59. The highest BCUT2D eigenvalue weighted by molar-refractivity contribution is 7.00. The number of aliphatic hydroxyl groups is 3. The first kappa shape index (κ1) is 15.7. The summed E-state index contributed by atoms with van der Waals surface area (Å²) in [6.07, 6.45) is -3.58. The van der Waals surface area contributed by atoms with Gasteiger partial charge in [0, 0.05) is 12.3 Å². The lowest BCUT2D eigenvalue weighted by atomic mass is 10.1. The van der Waals surface area contributed by atoms with Crippen LogP contribution >= 0.6 is 9.12 Å². The Morgan fingerprint density at radius 2 is 1.95 bits per heavy atom. The minimum Gasteiger partial charge on any atom is -0.394 e. The average molecular weight is 292 g/mol. The van der Waals surface area contributed by atoms with Gasteiger partial charge in [0.2, 0.25) is 0 Å². The van der Waals surface area contributed by atoms with Gasteiger partial charge in [0.05, 0.1) is 6.61 Å². The van der Waals surface area contributed by atoms with E-state index in [1.165, 1.54) is 0 Å². The van der Waals surface area contributed by atoms with Crippen molar-refractivity contribution < 1.29 is 24.6 Å². The third-order valence-corrected chi connectivity index (χ3v) is 2.64. The maximum Gasteiger partial charge on any atom is 0.330 e. The summed E-state index contributed by atoms with van der Waals surface area (Å²) in [5.41, 5.74) is -1.33. The zero-order chi connectivity index (χ0) is 14.6. The van der Waals surface area contributed by atoms with Crippen LogP contribution in [0.2, 0.25) is 0 Å². The highest BCUT2D eigenvalue weighted by atomic mass is 31.0. The van der Waals surface area contributed by atoms with E-state index in [1.807, 2.05) is 4.98 Å². The molecule has 1 saturated heterocycles. The molecule has 1 aliphatic heterocycles. The third kappa shape index (κ3) is 3.14. The molecule has 10 heteroatoms. The van der Waals surface area contributed by atoms with Crippen molar-refractivity contribution in [3.8, 4) is 0 Å². The maximum atomic E-state index is 11.4. The van der Waals surface area contributed by atoms with E-state index < -0.39 is 42.4 Å². The van der Waals surface area contributed by atoms with Crippen LogP contribution in [0, 0.1) is 0 Å². The highest BCUT2D eigenvalue weighted by Crippen LogP contribution is 2.27. The van der Waals surface area contributed by atoms with Crippen molar-refractivity contribution in [3.63, 3.8) is 0 Å². The van der Waals surface area contributed by atoms with E-state index in [0.717, 1.165) is 16.8 Å². The molecule has 106 valence electrons. The van der Waals surface area contributed by atoms with Crippen molar-refractivity contribution in [3.05, 3.63) is 33.1 Å². The Balaban J connectivity index is 0.000000861. The Labute approximate surface area is 108 Å². The molecular formula is C9H13N2O7P. The second kappa shape index (κ2) is 6.69. The molecule has 1 aromatic rings. The monoisotopic (exact) mass is 292 g/mol. The SMILES string of the molecule is O=P.O=c1ccn([C@@H]2O[C@H](CO)[C@@H](O)[C@H]2O)c(=O)[nH]1. The predicted octanol–water partition coefficient (Wildman–Crippen LogP) is -2.38. The fraction of sp³-hybridized carbons (Fsp3) is 0.556. The van der Waals surface area contributed by atoms with Crippen molar-refractivity contribution in [1.82, 2.24) is 9.55 Å². The van der Waals surface area contributed by atoms with Crippen molar-refractivity contribution >= 4 is 9.12 Å². The summed E-state index contributed by atoms with van der Waals surface area (Å²) in [4.78, 5) is 24.3. The Bertz CT molecular complexity index is 530. The van der Waals surface area contributed by atoms with Crippen LogP contribution in [0.25, 0.3) is 0 Å². The number of aromatic nitrogens is 2. The van der Waals surface area contributed by atoms with Gasteiger partial charge in [-0.15, -0.1) is 0 Å². The first-order valence-corrected chi connectivity index (χ1v) is 5.59. The van der Waals surface area contributed by atoms with Crippen LogP contribution in [-0.2, 0) is 9.30 Å². The maximum absolute atomic E-state index is 11.4. The Morgan fingerprint density at radius 3 is 2.42 bits per heavy atom. The van der Waals surface area contributed by atoms with Gasteiger partial charge in [-0.1, -0.05) is 0 Å². The van der Waals surface area contributed by atoms with Crippen LogP contribution < -0.4 is 11.2 Å². The second-order valence-corrected chi connectivity index (χ2v) is 3.75. The first-order valence-electron chi connectivity index (χ1n) is 5.19. The van der Waals surface area contributed by atoms with Crippen molar-refractivity contribution in [2.24, 2.45) is 0 Å². The fourth-order valence-corrected chi connectivity index (χ4v) is 1.74. The minimum atomic E-state index is -1.35. The summed E-state index contributed by atoms with van der Waals surface area (Å²) in [5, 5.41) is 28.1. The molecule has 0 amide bonds. The average Bonchev–Trinajstić information content (AvgIpc) is 2.69. The number of rotatable bonds is 2. The van der Waals surface area contributed by atoms with E-state index in [2.05, 4.69) is 0 Å². The fourth-order valence-electron chi connectivity index (χ4n) is 1.74. The van der Waals surface area contributed by atoms with Crippen molar-refractivity contribution in [2.75, 3.05) is 6.61 Å². The standard InChI is InChI=1S/C9H12N2O6.HOP/c12-3-4-6(14)7(15)8(17-4)11-2-1-5(13)10-9(11)16;1-2/h1-2,4,6-8,12,14-15H,3H2,(H,10,13,16);2H/t4-,6-,7-,8-;/m1./s1. The lowest BCUT2D eigenvalue weighted by molar-refractivity contribution is -0.0550. The molecule has 1 aromatic heterocycles. The quantitative estimate of drug-likeness (QED) is 0.446. The number of hydrogen-bond acceptors (Lipinski definition) is 7. The smallest absolute Gasteiger partial charge is 0.330 e. The molecule has 0 spiro atoms. The number of nitrogens with one attached hydrogen (secondary N) is 1. The summed E-state index contributed by atoms with van der Waals surface area (Å²) in [7, 11) is 1.72. The molecular weight excluding hydrogens is 279 g/mol. The summed E-state index contributed by atoms with van der Waals surface area (Å²) in [6.45, 7) is -0.479. The van der Waals surface area contributed by atoms with Crippen LogP contribution in [0.3, 0.4) is 0 Å². The molecule has 0 aliphatic carbocycles. The Kier molecular flexibility index (Phi) is 5.52. The van der Waals surface area contributed by atoms with Gasteiger partial charge < -0.3 is 20.1 Å². The van der Waals surface area contributed by atoms with E-state index in [1.54, 1.807) is 9.12 Å². The van der Waals surface area contributed by atoms with E-state index in [9.17, 15) is 19.8 Å². The van der Waals surface area contributed by atoms with Crippen LogP contribution in [0.4, 0.5) is 0 Å². The molecule has 1 aliphatic rings. The predicted molar refractivity (Wildman–Crippen MR) is 63.3 cm³/mol. The zero-order valence-corrected chi connectivity index (χ0v) is 10.6. The van der Waals surface area contributed by atoms with Gasteiger partial charge in [0.25, 0.3) is 5.56 Å². The normalized spacial score (nSPS) is 29.6. The lowest BCUT2D eigenvalue weighted by Gasteiger charge is -2.16. The van der Waals surface area contributed by atoms with Crippen LogP contribution in [0.15, 0.2) is 21.9 Å². The van der Waals surface area contributed by atoms with Crippen LogP contribution in [0.5, 0.6) is 0 Å².